The summed E-state index contributed by atoms with van der Waals surface area (Å²) in [7, 11) is -3.62. The van der Waals surface area contributed by atoms with Gasteiger partial charge in [-0.3, -0.25) is 14.5 Å². The van der Waals surface area contributed by atoms with Gasteiger partial charge in [0.15, 0.2) is 5.60 Å². The molecule has 0 unspecified atom stereocenters. The van der Waals surface area contributed by atoms with Gasteiger partial charge in [-0.15, -0.1) is 0 Å². The Kier molecular flexibility index (Phi) is 8.49. The molecule has 0 bridgehead atoms. The highest BCUT2D eigenvalue weighted by atomic mass is 32.2. The molecule has 0 aliphatic carbocycles. The second kappa shape index (κ2) is 10.9. The lowest BCUT2D eigenvalue weighted by Gasteiger charge is -2.36. The molecule has 0 aromatic heterocycles. The van der Waals surface area contributed by atoms with Gasteiger partial charge in [-0.1, -0.05) is 37.3 Å². The van der Waals surface area contributed by atoms with E-state index in [4.69, 9.17) is 4.74 Å². The first kappa shape index (κ1) is 25.6. The van der Waals surface area contributed by atoms with Crippen molar-refractivity contribution in [3.05, 3.63) is 35.9 Å². The number of hydrogen-bond acceptors (Lipinski definition) is 6. The molecule has 184 valence electrons. The summed E-state index contributed by atoms with van der Waals surface area (Å²) in [5.41, 5.74) is -0.240. The van der Waals surface area contributed by atoms with Crippen LogP contribution in [0.15, 0.2) is 30.3 Å². The van der Waals surface area contributed by atoms with Crippen LogP contribution in [0.3, 0.4) is 0 Å². The summed E-state index contributed by atoms with van der Waals surface area (Å²) >= 11 is 0. The van der Waals surface area contributed by atoms with E-state index in [-0.39, 0.29) is 25.6 Å². The van der Waals surface area contributed by atoms with Crippen LogP contribution in [0, 0.1) is 5.92 Å². The molecular formula is C23H36N4O5S. The molecule has 2 N–H and O–H groups in total. The molecule has 2 atom stereocenters. The summed E-state index contributed by atoms with van der Waals surface area (Å²) in [5, 5.41) is 5.01. The summed E-state index contributed by atoms with van der Waals surface area (Å²) in [5.74, 6) is -1.66. The number of benzene rings is 1. The third kappa shape index (κ3) is 5.74. The minimum absolute atomic E-state index is 0.0607. The molecule has 0 saturated carbocycles. The number of ether oxygens (including phenoxy) is 1. The number of morpholine rings is 1. The Morgan fingerprint density at radius 2 is 2.06 bits per heavy atom. The summed E-state index contributed by atoms with van der Waals surface area (Å²) < 4.78 is 32.6. The second-order valence-electron chi connectivity index (χ2n) is 8.93. The Balaban J connectivity index is 1.60. The summed E-state index contributed by atoms with van der Waals surface area (Å²) in [6.45, 7) is 8.66. The Bertz CT molecular complexity index is 924. The van der Waals surface area contributed by atoms with Gasteiger partial charge < -0.3 is 15.4 Å². The molecule has 1 aromatic rings. The van der Waals surface area contributed by atoms with E-state index in [1.54, 1.807) is 13.8 Å². The Morgan fingerprint density at radius 3 is 2.70 bits per heavy atom. The largest absolute Gasteiger partial charge is 0.361 e. The van der Waals surface area contributed by atoms with Gasteiger partial charge in [0.05, 0.1) is 24.3 Å². The van der Waals surface area contributed by atoms with Crippen molar-refractivity contribution in [3.8, 4) is 0 Å². The van der Waals surface area contributed by atoms with Gasteiger partial charge in [-0.05, 0) is 32.4 Å². The SMILES string of the molecule is CCN(CCCNC(=O)[C@H]1CN(S(=O)(=O)C(C)C)C[C@@]12OCCNC2=O)Cc1ccccc1. The minimum atomic E-state index is -3.62. The molecule has 10 heteroatoms. The van der Waals surface area contributed by atoms with Gasteiger partial charge in [-0.2, -0.15) is 4.31 Å². The normalized spacial score (nSPS) is 23.9. The average Bonchev–Trinajstić information content (AvgIpc) is 3.19. The molecule has 2 heterocycles. The van der Waals surface area contributed by atoms with Crippen molar-refractivity contribution in [3.63, 3.8) is 0 Å². The molecule has 33 heavy (non-hydrogen) atoms. The van der Waals surface area contributed by atoms with E-state index >= 15 is 0 Å². The molecule has 2 saturated heterocycles. The van der Waals surface area contributed by atoms with E-state index in [9.17, 15) is 18.0 Å². The number of sulfonamides is 1. The van der Waals surface area contributed by atoms with Gasteiger partial charge in [-0.25, -0.2) is 8.42 Å². The molecule has 2 amide bonds. The molecule has 3 rings (SSSR count). The zero-order chi connectivity index (χ0) is 24.1. The highest BCUT2D eigenvalue weighted by molar-refractivity contribution is 7.89. The van der Waals surface area contributed by atoms with Gasteiger partial charge in [0.2, 0.25) is 15.9 Å². The first-order valence-electron chi connectivity index (χ1n) is 11.7. The fourth-order valence-electron chi connectivity index (χ4n) is 4.39. The highest BCUT2D eigenvalue weighted by Crippen LogP contribution is 2.35. The predicted octanol–water partition coefficient (Wildman–Crippen LogP) is 0.570. The first-order chi connectivity index (χ1) is 15.7. The molecule has 9 nitrogen and oxygen atoms in total. The van der Waals surface area contributed by atoms with Crippen molar-refractivity contribution in [2.24, 2.45) is 5.92 Å². The van der Waals surface area contributed by atoms with E-state index in [2.05, 4.69) is 34.6 Å². The lowest BCUT2D eigenvalue weighted by molar-refractivity contribution is -0.163. The molecule has 0 radical (unpaired) electrons. The van der Waals surface area contributed by atoms with Crippen LogP contribution in [0.25, 0.3) is 0 Å². The fourth-order valence-corrected chi connectivity index (χ4v) is 5.72. The number of nitrogens with one attached hydrogen (secondary N) is 2. The van der Waals surface area contributed by atoms with Crippen molar-refractivity contribution in [1.82, 2.24) is 19.8 Å². The maximum absolute atomic E-state index is 13.1. The molecule has 1 spiro atoms. The molecular weight excluding hydrogens is 444 g/mol. The third-order valence-corrected chi connectivity index (χ3v) is 8.60. The highest BCUT2D eigenvalue weighted by Gasteiger charge is 2.59. The summed E-state index contributed by atoms with van der Waals surface area (Å²) in [6, 6.07) is 10.2. The predicted molar refractivity (Wildman–Crippen MR) is 126 cm³/mol. The number of hydrogen-bond donors (Lipinski definition) is 2. The fraction of sp³-hybridized carbons (Fsp3) is 0.652. The van der Waals surface area contributed by atoms with E-state index in [0.717, 1.165) is 26.1 Å². The first-order valence-corrected chi connectivity index (χ1v) is 13.2. The molecule has 2 aliphatic heterocycles. The van der Waals surface area contributed by atoms with Crippen LogP contribution < -0.4 is 10.6 Å². The van der Waals surface area contributed by atoms with E-state index in [1.165, 1.54) is 9.87 Å². The van der Waals surface area contributed by atoms with Gasteiger partial charge in [0.1, 0.15) is 0 Å². The van der Waals surface area contributed by atoms with Crippen LogP contribution in [0.1, 0.15) is 32.8 Å². The van der Waals surface area contributed by atoms with Crippen LogP contribution in [0.4, 0.5) is 0 Å². The molecule has 2 fully saturated rings. The smallest absolute Gasteiger partial charge is 0.254 e. The zero-order valence-corrected chi connectivity index (χ0v) is 20.6. The van der Waals surface area contributed by atoms with Crippen LogP contribution in [-0.2, 0) is 30.9 Å². The maximum atomic E-state index is 13.1. The third-order valence-electron chi connectivity index (χ3n) is 6.41. The summed E-state index contributed by atoms with van der Waals surface area (Å²) in [6.07, 6.45) is 0.743. The van der Waals surface area contributed by atoms with Crippen LogP contribution in [-0.4, -0.2) is 86.2 Å². The van der Waals surface area contributed by atoms with Crippen molar-refractivity contribution in [2.45, 2.75) is 44.6 Å². The van der Waals surface area contributed by atoms with E-state index in [1.807, 2.05) is 18.2 Å². The Labute approximate surface area is 196 Å². The van der Waals surface area contributed by atoms with Crippen molar-refractivity contribution in [1.29, 1.82) is 0 Å². The molecule has 1 aromatic carbocycles. The van der Waals surface area contributed by atoms with Gasteiger partial charge in [0, 0.05) is 32.7 Å². The Morgan fingerprint density at radius 1 is 1.33 bits per heavy atom. The number of amides is 2. The summed E-state index contributed by atoms with van der Waals surface area (Å²) in [4.78, 5) is 28.2. The lowest BCUT2D eigenvalue weighted by atomic mass is 9.87. The van der Waals surface area contributed by atoms with Crippen LogP contribution in [0.5, 0.6) is 0 Å². The quantitative estimate of drug-likeness (QED) is 0.474. The van der Waals surface area contributed by atoms with Crippen LogP contribution in [0.2, 0.25) is 0 Å². The van der Waals surface area contributed by atoms with E-state index < -0.39 is 32.7 Å². The van der Waals surface area contributed by atoms with Crippen LogP contribution >= 0.6 is 0 Å². The van der Waals surface area contributed by atoms with Gasteiger partial charge >= 0.3 is 0 Å². The van der Waals surface area contributed by atoms with Gasteiger partial charge in [0.25, 0.3) is 5.91 Å². The second-order valence-corrected chi connectivity index (χ2v) is 11.4. The van der Waals surface area contributed by atoms with Crippen molar-refractivity contribution < 1.29 is 22.7 Å². The lowest BCUT2D eigenvalue weighted by Crippen LogP contribution is -2.62. The number of carbonyl (C=O) groups is 2. The number of nitrogens with zero attached hydrogens (tertiary/aromatic N) is 2. The minimum Gasteiger partial charge on any atom is -0.361 e. The Hall–Kier alpha value is -2.01. The topological polar surface area (TPSA) is 108 Å². The van der Waals surface area contributed by atoms with Crippen molar-refractivity contribution in [2.75, 3.05) is 45.9 Å². The molecule has 2 aliphatic rings. The maximum Gasteiger partial charge on any atom is 0.254 e. The standard InChI is InChI=1S/C23H36N4O5S/c1-4-26(15-19-9-6-5-7-10-19)13-8-11-24-21(28)20-16-27(33(30,31)18(2)3)17-23(20)22(29)25-12-14-32-23/h5-7,9-10,18,20H,4,8,11-17H2,1-3H3,(H,24,28)(H,25,29)/t20-,23-/m1/s1. The average molecular weight is 481 g/mol. The number of carbonyl (C=O) groups excluding carboxylic acids is 2. The zero-order valence-electron chi connectivity index (χ0n) is 19.7. The van der Waals surface area contributed by atoms with E-state index in [0.29, 0.717) is 13.1 Å². The number of rotatable bonds is 10. The monoisotopic (exact) mass is 480 g/mol. The van der Waals surface area contributed by atoms with Crippen molar-refractivity contribution >= 4 is 21.8 Å².